The minimum atomic E-state index is 0. The zero-order valence-electron chi connectivity index (χ0n) is 5.52. The highest BCUT2D eigenvalue weighted by Gasteiger charge is 2.31. The normalized spacial score (nSPS) is 22.3. The van der Waals surface area contributed by atoms with Gasteiger partial charge >= 0.3 is 0 Å². The summed E-state index contributed by atoms with van der Waals surface area (Å²) in [6, 6.07) is 0.231. The van der Waals surface area contributed by atoms with Crippen molar-refractivity contribution in [1.82, 2.24) is 5.32 Å². The van der Waals surface area contributed by atoms with E-state index in [4.69, 9.17) is 0 Å². The van der Waals surface area contributed by atoms with E-state index in [0.29, 0.717) is 0 Å². The Morgan fingerprint density at radius 2 is 2.22 bits per heavy atom. The van der Waals surface area contributed by atoms with E-state index in [-0.39, 0.29) is 24.4 Å². The van der Waals surface area contributed by atoms with Gasteiger partial charge in [0.15, 0.2) is 0 Å². The molecule has 2 nitrogen and oxygen atoms in total. The number of amides is 1. The molecule has 3 heteroatoms. The Hall–Kier alpha value is -0.240. The van der Waals surface area contributed by atoms with Gasteiger partial charge in [0.2, 0.25) is 5.91 Å². The van der Waals surface area contributed by atoms with Gasteiger partial charge in [-0.3, -0.25) is 4.79 Å². The first-order valence-corrected chi connectivity index (χ1v) is 3.15. The molecule has 1 atom stereocenters. The molecule has 0 spiro atoms. The SMILES string of the molecule is CCCCC1NC1=O.Cl. The molecule has 0 radical (unpaired) electrons. The first-order chi connectivity index (χ1) is 3.84. The average Bonchev–Trinajstić information content (AvgIpc) is 2.42. The molecule has 0 aromatic rings. The number of halogens is 1. The van der Waals surface area contributed by atoms with Gasteiger partial charge in [-0.05, 0) is 6.42 Å². The summed E-state index contributed by atoms with van der Waals surface area (Å²) in [4.78, 5) is 10.3. The molecule has 0 aliphatic carbocycles. The summed E-state index contributed by atoms with van der Waals surface area (Å²) in [5, 5.41) is 2.73. The van der Waals surface area contributed by atoms with Gasteiger partial charge in [-0.15, -0.1) is 12.4 Å². The summed E-state index contributed by atoms with van der Waals surface area (Å²) in [5.41, 5.74) is 0. The van der Waals surface area contributed by atoms with Crippen LogP contribution < -0.4 is 5.32 Å². The Bertz CT molecular complexity index is 105. The maximum atomic E-state index is 10.3. The number of carbonyl (C=O) groups excluding carboxylic acids is 1. The van der Waals surface area contributed by atoms with Crippen LogP contribution in [-0.4, -0.2) is 11.9 Å². The van der Waals surface area contributed by atoms with Crippen LogP contribution in [-0.2, 0) is 4.79 Å². The van der Waals surface area contributed by atoms with E-state index in [9.17, 15) is 4.79 Å². The lowest BCUT2D eigenvalue weighted by Gasteiger charge is -1.86. The van der Waals surface area contributed by atoms with Crippen molar-refractivity contribution >= 4 is 18.3 Å². The second kappa shape index (κ2) is 3.72. The van der Waals surface area contributed by atoms with Crippen LogP contribution in [0.2, 0.25) is 0 Å². The van der Waals surface area contributed by atoms with Crippen LogP contribution in [0.1, 0.15) is 26.2 Å². The predicted octanol–water partition coefficient (Wildman–Crippen LogP) is 1.10. The molecule has 0 bridgehead atoms. The molecule has 0 aromatic heterocycles. The fraction of sp³-hybridized carbons (Fsp3) is 0.833. The van der Waals surface area contributed by atoms with E-state index >= 15 is 0 Å². The maximum absolute atomic E-state index is 10.3. The molecule has 0 saturated carbocycles. The van der Waals surface area contributed by atoms with E-state index in [2.05, 4.69) is 12.2 Å². The molecule has 0 aromatic carbocycles. The van der Waals surface area contributed by atoms with Crippen molar-refractivity contribution in [3.8, 4) is 0 Å². The average molecular weight is 150 g/mol. The summed E-state index contributed by atoms with van der Waals surface area (Å²) in [5.74, 6) is 0.235. The fourth-order valence-corrected chi connectivity index (χ4v) is 0.742. The van der Waals surface area contributed by atoms with Crippen LogP contribution in [0.15, 0.2) is 0 Å². The van der Waals surface area contributed by atoms with Crippen molar-refractivity contribution in [2.24, 2.45) is 0 Å². The highest BCUT2D eigenvalue weighted by Crippen LogP contribution is 2.08. The smallest absolute Gasteiger partial charge is 0.243 e. The number of hydrogen-bond donors (Lipinski definition) is 1. The number of rotatable bonds is 3. The Morgan fingerprint density at radius 1 is 1.67 bits per heavy atom. The fourth-order valence-electron chi connectivity index (χ4n) is 0.742. The minimum absolute atomic E-state index is 0. The van der Waals surface area contributed by atoms with E-state index in [1.54, 1.807) is 0 Å². The third kappa shape index (κ3) is 2.70. The van der Waals surface area contributed by atoms with Crippen LogP contribution in [0.4, 0.5) is 0 Å². The summed E-state index contributed by atoms with van der Waals surface area (Å²) < 4.78 is 0. The number of hydrogen-bond acceptors (Lipinski definition) is 1. The Morgan fingerprint density at radius 3 is 2.56 bits per heavy atom. The molecule has 1 rings (SSSR count). The van der Waals surface area contributed by atoms with Crippen molar-refractivity contribution < 1.29 is 4.79 Å². The first kappa shape index (κ1) is 8.76. The molecule has 1 heterocycles. The van der Waals surface area contributed by atoms with E-state index in [1.165, 1.54) is 12.8 Å². The molecule has 1 aliphatic rings. The third-order valence-electron chi connectivity index (χ3n) is 1.40. The van der Waals surface area contributed by atoms with Crippen molar-refractivity contribution in [1.29, 1.82) is 0 Å². The molecule has 54 valence electrons. The monoisotopic (exact) mass is 149 g/mol. The third-order valence-corrected chi connectivity index (χ3v) is 1.40. The Balaban J connectivity index is 0.000000640. The van der Waals surface area contributed by atoms with Crippen LogP contribution in [0.5, 0.6) is 0 Å². The van der Waals surface area contributed by atoms with E-state index in [1.807, 2.05) is 0 Å². The zero-order valence-corrected chi connectivity index (χ0v) is 6.33. The lowest BCUT2D eigenvalue weighted by atomic mass is 10.2. The van der Waals surface area contributed by atoms with Crippen LogP contribution in [0.25, 0.3) is 0 Å². The standard InChI is InChI=1S/C6H11NO.ClH/c1-2-3-4-5-6(8)7-5;/h5H,2-4H2,1H3,(H,7,8);1H. The van der Waals surface area contributed by atoms with Gasteiger partial charge in [0.1, 0.15) is 6.04 Å². The number of carbonyl (C=O) groups is 1. The maximum Gasteiger partial charge on any atom is 0.243 e. The van der Waals surface area contributed by atoms with E-state index in [0.717, 1.165) is 6.42 Å². The molecule has 1 saturated heterocycles. The molecular weight excluding hydrogens is 138 g/mol. The highest BCUT2D eigenvalue weighted by molar-refractivity contribution is 5.96. The molecule has 9 heavy (non-hydrogen) atoms. The van der Waals surface area contributed by atoms with Crippen LogP contribution in [0.3, 0.4) is 0 Å². The van der Waals surface area contributed by atoms with Gasteiger partial charge in [0.05, 0.1) is 0 Å². The topological polar surface area (TPSA) is 39.0 Å². The van der Waals surface area contributed by atoms with Crippen molar-refractivity contribution in [2.45, 2.75) is 32.2 Å². The molecule has 1 unspecified atom stereocenters. The van der Waals surface area contributed by atoms with Gasteiger partial charge < -0.3 is 5.32 Å². The lowest BCUT2D eigenvalue weighted by molar-refractivity contribution is -0.111. The summed E-state index contributed by atoms with van der Waals surface area (Å²) in [7, 11) is 0. The van der Waals surface area contributed by atoms with Gasteiger partial charge in [0, 0.05) is 0 Å². The van der Waals surface area contributed by atoms with Crippen molar-refractivity contribution in [3.05, 3.63) is 0 Å². The zero-order chi connectivity index (χ0) is 5.98. The number of nitrogens with one attached hydrogen (secondary N) is 1. The molecule has 1 aliphatic heterocycles. The molecule has 1 fully saturated rings. The van der Waals surface area contributed by atoms with Crippen LogP contribution >= 0.6 is 12.4 Å². The van der Waals surface area contributed by atoms with Crippen molar-refractivity contribution in [3.63, 3.8) is 0 Å². The summed E-state index contributed by atoms with van der Waals surface area (Å²) >= 11 is 0. The Labute approximate surface area is 61.4 Å². The molecule has 1 amide bonds. The second-order valence-corrected chi connectivity index (χ2v) is 2.20. The summed E-state index contributed by atoms with van der Waals surface area (Å²) in [6.45, 7) is 2.13. The minimum Gasteiger partial charge on any atom is -0.343 e. The van der Waals surface area contributed by atoms with Gasteiger partial charge in [-0.25, -0.2) is 0 Å². The largest absolute Gasteiger partial charge is 0.343 e. The summed E-state index contributed by atoms with van der Waals surface area (Å²) in [6.07, 6.45) is 3.39. The Kier molecular flexibility index (Phi) is 3.62. The van der Waals surface area contributed by atoms with Gasteiger partial charge in [-0.1, -0.05) is 19.8 Å². The highest BCUT2D eigenvalue weighted by atomic mass is 35.5. The lowest BCUT2D eigenvalue weighted by Crippen LogP contribution is -1.88. The van der Waals surface area contributed by atoms with E-state index < -0.39 is 0 Å². The van der Waals surface area contributed by atoms with Crippen molar-refractivity contribution in [2.75, 3.05) is 0 Å². The first-order valence-electron chi connectivity index (χ1n) is 3.15. The second-order valence-electron chi connectivity index (χ2n) is 2.20. The molecular formula is C6H12ClNO. The predicted molar refractivity (Wildman–Crippen MR) is 38.7 cm³/mol. The molecule has 1 N–H and O–H groups in total. The number of unbranched alkanes of at least 4 members (excludes halogenated alkanes) is 1. The van der Waals surface area contributed by atoms with Gasteiger partial charge in [-0.2, -0.15) is 0 Å². The van der Waals surface area contributed by atoms with Gasteiger partial charge in [0.25, 0.3) is 0 Å². The van der Waals surface area contributed by atoms with Crippen LogP contribution in [0, 0.1) is 0 Å². The quantitative estimate of drug-likeness (QED) is 0.600.